The predicted octanol–water partition coefficient (Wildman–Crippen LogP) is 4.69. The Labute approximate surface area is 148 Å². The number of benzene rings is 1. The zero-order valence-electron chi connectivity index (χ0n) is 14.7. The summed E-state index contributed by atoms with van der Waals surface area (Å²) >= 11 is 0. The third-order valence-corrected chi connectivity index (χ3v) is 3.96. The standard InChI is InChI=1S/C21H21N3O/c1-21(2,3)16-8-10-17(11-9-16)24-20(25)15-7-12-19(23-14-15)18-6-4-5-13-22-18/h4-14H,1-3H3,(H,24,25). The monoisotopic (exact) mass is 331 g/mol. The van der Waals surface area contributed by atoms with Crippen molar-refractivity contribution in [1.29, 1.82) is 0 Å². The number of aromatic nitrogens is 2. The summed E-state index contributed by atoms with van der Waals surface area (Å²) in [5.74, 6) is -0.177. The molecule has 1 N–H and O–H groups in total. The second kappa shape index (κ2) is 6.85. The molecule has 0 fully saturated rings. The van der Waals surface area contributed by atoms with E-state index in [1.54, 1.807) is 24.5 Å². The van der Waals surface area contributed by atoms with Crippen molar-refractivity contribution in [3.63, 3.8) is 0 Å². The molecule has 4 heteroatoms. The Bertz CT molecular complexity index is 848. The van der Waals surface area contributed by atoms with Gasteiger partial charge in [-0.05, 0) is 47.4 Å². The Morgan fingerprint density at radius 3 is 2.16 bits per heavy atom. The highest BCUT2D eigenvalue weighted by molar-refractivity contribution is 6.04. The van der Waals surface area contributed by atoms with E-state index in [2.05, 4.69) is 36.1 Å². The average Bonchev–Trinajstić information content (AvgIpc) is 2.62. The van der Waals surface area contributed by atoms with Gasteiger partial charge >= 0.3 is 0 Å². The molecule has 1 amide bonds. The molecule has 0 bridgehead atoms. The Morgan fingerprint density at radius 1 is 0.880 bits per heavy atom. The molecule has 0 aliphatic carbocycles. The highest BCUT2D eigenvalue weighted by Crippen LogP contribution is 2.23. The van der Waals surface area contributed by atoms with Crippen LogP contribution < -0.4 is 5.32 Å². The van der Waals surface area contributed by atoms with Gasteiger partial charge in [-0.3, -0.25) is 14.8 Å². The second-order valence-electron chi connectivity index (χ2n) is 6.93. The normalized spacial score (nSPS) is 11.2. The minimum absolute atomic E-state index is 0.0910. The fourth-order valence-corrected chi connectivity index (χ4v) is 2.45. The molecule has 0 saturated carbocycles. The van der Waals surface area contributed by atoms with Crippen LogP contribution in [0.4, 0.5) is 5.69 Å². The zero-order chi connectivity index (χ0) is 17.9. The minimum atomic E-state index is -0.177. The molecule has 0 saturated heterocycles. The van der Waals surface area contributed by atoms with Crippen LogP contribution in [0.3, 0.4) is 0 Å². The van der Waals surface area contributed by atoms with E-state index in [0.717, 1.165) is 17.1 Å². The van der Waals surface area contributed by atoms with Gasteiger partial charge in [0.1, 0.15) is 0 Å². The molecule has 3 rings (SSSR count). The Hall–Kier alpha value is -3.01. The van der Waals surface area contributed by atoms with Crippen molar-refractivity contribution >= 4 is 11.6 Å². The van der Waals surface area contributed by atoms with Crippen molar-refractivity contribution in [1.82, 2.24) is 9.97 Å². The predicted molar refractivity (Wildman–Crippen MR) is 101 cm³/mol. The number of nitrogens with zero attached hydrogens (tertiary/aromatic N) is 2. The van der Waals surface area contributed by atoms with Gasteiger partial charge in [0.2, 0.25) is 0 Å². The topological polar surface area (TPSA) is 54.9 Å². The molecule has 0 radical (unpaired) electrons. The lowest BCUT2D eigenvalue weighted by Crippen LogP contribution is -2.13. The number of carbonyl (C=O) groups excluding carboxylic acids is 1. The Morgan fingerprint density at radius 2 is 1.60 bits per heavy atom. The maximum Gasteiger partial charge on any atom is 0.257 e. The number of rotatable bonds is 3. The molecule has 2 heterocycles. The summed E-state index contributed by atoms with van der Waals surface area (Å²) < 4.78 is 0. The zero-order valence-corrected chi connectivity index (χ0v) is 14.7. The number of hydrogen-bond donors (Lipinski definition) is 1. The second-order valence-corrected chi connectivity index (χ2v) is 6.93. The molecule has 2 aromatic heterocycles. The maximum atomic E-state index is 12.4. The Balaban J connectivity index is 1.71. The fraction of sp³-hybridized carbons (Fsp3) is 0.190. The highest BCUT2D eigenvalue weighted by atomic mass is 16.1. The molecule has 0 aliphatic rings. The number of anilines is 1. The van der Waals surface area contributed by atoms with E-state index in [-0.39, 0.29) is 11.3 Å². The Kier molecular flexibility index (Phi) is 4.61. The van der Waals surface area contributed by atoms with E-state index in [0.29, 0.717) is 5.56 Å². The van der Waals surface area contributed by atoms with E-state index in [1.807, 2.05) is 42.5 Å². The minimum Gasteiger partial charge on any atom is -0.322 e. The van der Waals surface area contributed by atoms with E-state index < -0.39 is 0 Å². The van der Waals surface area contributed by atoms with Crippen molar-refractivity contribution in [3.8, 4) is 11.4 Å². The van der Waals surface area contributed by atoms with Crippen LogP contribution in [0.2, 0.25) is 0 Å². The third kappa shape index (κ3) is 4.10. The van der Waals surface area contributed by atoms with Gasteiger partial charge in [-0.15, -0.1) is 0 Å². The van der Waals surface area contributed by atoms with Gasteiger partial charge in [-0.2, -0.15) is 0 Å². The highest BCUT2D eigenvalue weighted by Gasteiger charge is 2.13. The van der Waals surface area contributed by atoms with Crippen LogP contribution in [0.1, 0.15) is 36.7 Å². The number of nitrogens with one attached hydrogen (secondary N) is 1. The molecule has 0 spiro atoms. The van der Waals surface area contributed by atoms with Gasteiger partial charge < -0.3 is 5.32 Å². The van der Waals surface area contributed by atoms with Crippen LogP contribution in [0.25, 0.3) is 11.4 Å². The van der Waals surface area contributed by atoms with E-state index in [4.69, 9.17) is 0 Å². The van der Waals surface area contributed by atoms with Gasteiger partial charge in [-0.25, -0.2) is 0 Å². The van der Waals surface area contributed by atoms with Crippen LogP contribution in [0.5, 0.6) is 0 Å². The summed E-state index contributed by atoms with van der Waals surface area (Å²) in [5.41, 5.74) is 4.13. The van der Waals surface area contributed by atoms with Crippen molar-refractivity contribution in [2.45, 2.75) is 26.2 Å². The smallest absolute Gasteiger partial charge is 0.257 e. The summed E-state index contributed by atoms with van der Waals surface area (Å²) in [5, 5.41) is 2.90. The molecule has 25 heavy (non-hydrogen) atoms. The third-order valence-electron chi connectivity index (χ3n) is 3.96. The van der Waals surface area contributed by atoms with Gasteiger partial charge in [-0.1, -0.05) is 39.0 Å². The number of hydrogen-bond acceptors (Lipinski definition) is 3. The molecular formula is C21H21N3O. The summed E-state index contributed by atoms with van der Waals surface area (Å²) in [6, 6.07) is 17.1. The van der Waals surface area contributed by atoms with Crippen molar-refractivity contribution in [2.24, 2.45) is 0 Å². The van der Waals surface area contributed by atoms with E-state index in [1.165, 1.54) is 5.56 Å². The number of pyridine rings is 2. The van der Waals surface area contributed by atoms with Crippen LogP contribution in [0.15, 0.2) is 67.0 Å². The first-order valence-corrected chi connectivity index (χ1v) is 8.23. The number of carbonyl (C=O) groups is 1. The van der Waals surface area contributed by atoms with Crippen LogP contribution in [-0.2, 0) is 5.41 Å². The summed E-state index contributed by atoms with van der Waals surface area (Å²) in [4.78, 5) is 21.0. The molecular weight excluding hydrogens is 310 g/mol. The molecule has 0 atom stereocenters. The largest absolute Gasteiger partial charge is 0.322 e. The quantitative estimate of drug-likeness (QED) is 0.757. The van der Waals surface area contributed by atoms with Crippen LogP contribution in [-0.4, -0.2) is 15.9 Å². The molecule has 126 valence electrons. The van der Waals surface area contributed by atoms with Crippen molar-refractivity contribution in [3.05, 3.63) is 78.1 Å². The summed E-state index contributed by atoms with van der Waals surface area (Å²) in [6.45, 7) is 6.49. The lowest BCUT2D eigenvalue weighted by molar-refractivity contribution is 0.102. The lowest BCUT2D eigenvalue weighted by atomic mass is 9.87. The fourth-order valence-electron chi connectivity index (χ4n) is 2.45. The van der Waals surface area contributed by atoms with Gasteiger partial charge in [0.25, 0.3) is 5.91 Å². The number of amides is 1. The van der Waals surface area contributed by atoms with E-state index >= 15 is 0 Å². The summed E-state index contributed by atoms with van der Waals surface area (Å²) in [6.07, 6.45) is 3.29. The first kappa shape index (κ1) is 16.8. The molecule has 1 aromatic carbocycles. The maximum absolute atomic E-state index is 12.4. The average molecular weight is 331 g/mol. The van der Waals surface area contributed by atoms with Gasteiger partial charge in [0, 0.05) is 18.1 Å². The van der Waals surface area contributed by atoms with Gasteiger partial charge in [0.05, 0.1) is 17.0 Å². The van der Waals surface area contributed by atoms with Crippen LogP contribution >= 0.6 is 0 Å². The SMILES string of the molecule is CC(C)(C)c1ccc(NC(=O)c2ccc(-c3ccccn3)nc2)cc1. The molecule has 0 unspecified atom stereocenters. The van der Waals surface area contributed by atoms with Crippen molar-refractivity contribution < 1.29 is 4.79 Å². The first-order valence-electron chi connectivity index (χ1n) is 8.23. The van der Waals surface area contributed by atoms with E-state index in [9.17, 15) is 4.79 Å². The molecule has 4 nitrogen and oxygen atoms in total. The first-order chi connectivity index (χ1) is 11.9. The van der Waals surface area contributed by atoms with Crippen LogP contribution in [0, 0.1) is 0 Å². The molecule has 0 aliphatic heterocycles. The summed E-state index contributed by atoms with van der Waals surface area (Å²) in [7, 11) is 0. The lowest BCUT2D eigenvalue weighted by Gasteiger charge is -2.19. The van der Waals surface area contributed by atoms with Gasteiger partial charge in [0.15, 0.2) is 0 Å². The molecule has 3 aromatic rings. The van der Waals surface area contributed by atoms with Crippen molar-refractivity contribution in [2.75, 3.05) is 5.32 Å².